The van der Waals surface area contributed by atoms with Gasteiger partial charge in [0.05, 0.1) is 22.7 Å². The van der Waals surface area contributed by atoms with Crippen molar-refractivity contribution in [2.24, 2.45) is 0 Å². The van der Waals surface area contributed by atoms with Crippen LogP contribution < -0.4 is 5.32 Å². The van der Waals surface area contributed by atoms with E-state index in [1.54, 1.807) is 0 Å². The quantitative estimate of drug-likeness (QED) is 0.638. The zero-order valence-electron chi connectivity index (χ0n) is 17.4. The number of rotatable bonds is 8. The summed E-state index contributed by atoms with van der Waals surface area (Å²) in [4.78, 5) is 24.2. The van der Waals surface area contributed by atoms with Crippen molar-refractivity contribution in [3.63, 3.8) is 0 Å². The zero-order valence-corrected chi connectivity index (χ0v) is 18.2. The fraction of sp³-hybridized carbons (Fsp3) is 0.600. The monoisotopic (exact) mass is 426 g/mol. The first-order valence-electron chi connectivity index (χ1n) is 9.89. The first-order chi connectivity index (χ1) is 13.7. The van der Waals surface area contributed by atoms with Crippen LogP contribution in [0.1, 0.15) is 50.9 Å². The topological polar surface area (TPSA) is 102 Å². The molecular weight excluding hydrogens is 396 g/mol. The molecule has 1 saturated heterocycles. The minimum absolute atomic E-state index is 0.00901. The Labute approximate surface area is 172 Å². The number of esters is 1. The van der Waals surface area contributed by atoms with E-state index in [9.17, 15) is 18.0 Å². The number of morpholine rings is 1. The van der Waals surface area contributed by atoms with Crippen molar-refractivity contribution < 1.29 is 27.5 Å². The molecule has 1 N–H and O–H groups in total. The Morgan fingerprint density at radius 1 is 1.21 bits per heavy atom. The first-order valence-corrected chi connectivity index (χ1v) is 11.3. The largest absolute Gasteiger partial charge is 0.452 e. The van der Waals surface area contributed by atoms with Crippen LogP contribution in [0.3, 0.4) is 0 Å². The van der Waals surface area contributed by atoms with Crippen molar-refractivity contribution in [2.75, 3.05) is 19.7 Å². The third kappa shape index (κ3) is 6.25. The van der Waals surface area contributed by atoms with Crippen LogP contribution in [0.4, 0.5) is 0 Å². The molecule has 1 fully saturated rings. The summed E-state index contributed by atoms with van der Waals surface area (Å²) in [6, 6.07) is 5.71. The van der Waals surface area contributed by atoms with Gasteiger partial charge >= 0.3 is 5.97 Å². The molecule has 162 valence electrons. The fourth-order valence-electron chi connectivity index (χ4n) is 3.24. The third-order valence-electron chi connectivity index (χ3n) is 4.78. The Kier molecular flexibility index (Phi) is 8.18. The van der Waals surface area contributed by atoms with Gasteiger partial charge in [0.2, 0.25) is 10.0 Å². The van der Waals surface area contributed by atoms with Crippen LogP contribution in [0.5, 0.6) is 0 Å². The van der Waals surface area contributed by atoms with Gasteiger partial charge < -0.3 is 14.8 Å². The number of carbonyl (C=O) groups excluding carboxylic acids is 2. The minimum atomic E-state index is -3.77. The molecule has 0 aromatic heterocycles. The van der Waals surface area contributed by atoms with E-state index in [0.29, 0.717) is 0 Å². The lowest BCUT2D eigenvalue weighted by Crippen LogP contribution is -2.48. The summed E-state index contributed by atoms with van der Waals surface area (Å²) in [6.45, 7) is 7.64. The summed E-state index contributed by atoms with van der Waals surface area (Å²) in [5.74, 6) is -1.13. The number of ether oxygens (including phenoxy) is 2. The second-order valence-electron chi connectivity index (χ2n) is 7.26. The highest BCUT2D eigenvalue weighted by Gasteiger charge is 2.32. The SMILES string of the molecule is CCC(CC)NC(=O)COC(=O)c1cccc(S(=O)(=O)N2C[C@H](C)O[C@@H](C)C2)c1. The summed E-state index contributed by atoms with van der Waals surface area (Å²) < 4.78 is 37.9. The standard InChI is InChI=1S/C20H30N2O6S/c1-5-17(6-2)21-19(23)13-27-20(24)16-8-7-9-18(10-16)29(25,26)22-11-14(3)28-15(4)12-22/h7-10,14-15,17H,5-6,11-13H2,1-4H3,(H,21,23)/t14-,15-/m0/s1. The molecule has 0 radical (unpaired) electrons. The van der Waals surface area contributed by atoms with Gasteiger partial charge in [-0.25, -0.2) is 13.2 Å². The summed E-state index contributed by atoms with van der Waals surface area (Å²) >= 11 is 0. The highest BCUT2D eigenvalue weighted by atomic mass is 32.2. The maximum atomic E-state index is 13.0. The van der Waals surface area contributed by atoms with E-state index in [1.165, 1.54) is 28.6 Å². The Bertz CT molecular complexity index is 812. The van der Waals surface area contributed by atoms with Gasteiger partial charge in [0.25, 0.3) is 5.91 Å². The molecule has 0 saturated carbocycles. The van der Waals surface area contributed by atoms with Gasteiger partial charge in [-0.05, 0) is 44.9 Å². The van der Waals surface area contributed by atoms with Gasteiger partial charge in [-0.3, -0.25) is 4.79 Å². The second kappa shape index (κ2) is 10.2. The summed E-state index contributed by atoms with van der Waals surface area (Å²) in [7, 11) is -3.77. The van der Waals surface area contributed by atoms with E-state index in [2.05, 4.69) is 5.32 Å². The lowest BCUT2D eigenvalue weighted by molar-refractivity contribution is -0.125. The third-order valence-corrected chi connectivity index (χ3v) is 6.61. The molecule has 1 aliphatic rings. The van der Waals surface area contributed by atoms with Crippen LogP contribution in [0.15, 0.2) is 29.2 Å². The Balaban J connectivity index is 2.06. The average molecular weight is 427 g/mol. The molecule has 1 aliphatic heterocycles. The molecule has 2 atom stereocenters. The molecule has 0 bridgehead atoms. The van der Waals surface area contributed by atoms with Gasteiger partial charge in [-0.1, -0.05) is 19.9 Å². The number of hydrogen-bond acceptors (Lipinski definition) is 6. The highest BCUT2D eigenvalue weighted by Crippen LogP contribution is 2.22. The molecule has 1 amide bonds. The Hall–Kier alpha value is -1.97. The minimum Gasteiger partial charge on any atom is -0.452 e. The van der Waals surface area contributed by atoms with Gasteiger partial charge in [0.15, 0.2) is 6.61 Å². The maximum Gasteiger partial charge on any atom is 0.338 e. The maximum absolute atomic E-state index is 13.0. The zero-order chi connectivity index (χ0) is 21.6. The van der Waals surface area contributed by atoms with Crippen LogP contribution in [-0.4, -0.2) is 62.5 Å². The van der Waals surface area contributed by atoms with Crippen molar-refractivity contribution >= 4 is 21.9 Å². The normalized spacial score (nSPS) is 20.4. The van der Waals surface area contributed by atoms with Crippen LogP contribution in [0, 0.1) is 0 Å². The molecular formula is C20H30N2O6S. The number of nitrogens with one attached hydrogen (secondary N) is 1. The highest BCUT2D eigenvalue weighted by molar-refractivity contribution is 7.89. The smallest absolute Gasteiger partial charge is 0.338 e. The van der Waals surface area contributed by atoms with Crippen LogP contribution in [-0.2, 0) is 24.3 Å². The number of amides is 1. The molecule has 1 aromatic rings. The molecule has 1 heterocycles. The average Bonchev–Trinajstić information content (AvgIpc) is 2.69. The van der Waals surface area contributed by atoms with Crippen molar-refractivity contribution in [1.29, 1.82) is 0 Å². The van der Waals surface area contributed by atoms with Crippen molar-refractivity contribution in [3.05, 3.63) is 29.8 Å². The second-order valence-corrected chi connectivity index (χ2v) is 9.20. The van der Waals surface area contributed by atoms with Gasteiger partial charge in [0.1, 0.15) is 0 Å². The molecule has 0 unspecified atom stereocenters. The predicted molar refractivity (Wildman–Crippen MR) is 108 cm³/mol. The molecule has 0 aliphatic carbocycles. The van der Waals surface area contributed by atoms with E-state index in [1.807, 2.05) is 27.7 Å². The van der Waals surface area contributed by atoms with E-state index in [-0.39, 0.29) is 47.7 Å². The summed E-state index contributed by atoms with van der Waals surface area (Å²) in [6.07, 6.45) is 1.15. The summed E-state index contributed by atoms with van der Waals surface area (Å²) in [5, 5.41) is 2.78. The van der Waals surface area contributed by atoms with Gasteiger partial charge in [-0.15, -0.1) is 0 Å². The van der Waals surface area contributed by atoms with Crippen molar-refractivity contribution in [3.8, 4) is 0 Å². The van der Waals surface area contributed by atoms with E-state index in [0.717, 1.165) is 12.8 Å². The van der Waals surface area contributed by atoms with Crippen LogP contribution >= 0.6 is 0 Å². The number of carbonyl (C=O) groups is 2. The molecule has 8 nitrogen and oxygen atoms in total. The summed E-state index contributed by atoms with van der Waals surface area (Å²) in [5.41, 5.74) is 0.0794. The number of nitrogens with zero attached hydrogens (tertiary/aromatic N) is 1. The Morgan fingerprint density at radius 2 is 1.83 bits per heavy atom. The number of hydrogen-bond donors (Lipinski definition) is 1. The number of sulfonamides is 1. The van der Waals surface area contributed by atoms with E-state index < -0.39 is 22.6 Å². The Morgan fingerprint density at radius 3 is 2.41 bits per heavy atom. The molecule has 29 heavy (non-hydrogen) atoms. The first kappa shape index (κ1) is 23.3. The van der Waals surface area contributed by atoms with Crippen LogP contribution in [0.2, 0.25) is 0 Å². The fourth-order valence-corrected chi connectivity index (χ4v) is 4.87. The lowest BCUT2D eigenvalue weighted by atomic mass is 10.2. The van der Waals surface area contributed by atoms with Gasteiger partial charge in [-0.2, -0.15) is 4.31 Å². The molecule has 2 rings (SSSR count). The molecule has 0 spiro atoms. The predicted octanol–water partition coefficient (Wildman–Crippen LogP) is 1.95. The van der Waals surface area contributed by atoms with Gasteiger partial charge in [0, 0.05) is 19.1 Å². The van der Waals surface area contributed by atoms with Crippen LogP contribution in [0.25, 0.3) is 0 Å². The van der Waals surface area contributed by atoms with Crippen molar-refractivity contribution in [2.45, 2.75) is 63.7 Å². The van der Waals surface area contributed by atoms with Crippen molar-refractivity contribution in [1.82, 2.24) is 9.62 Å². The van der Waals surface area contributed by atoms with E-state index in [4.69, 9.17) is 9.47 Å². The molecule has 9 heteroatoms. The molecule has 1 aromatic carbocycles. The lowest BCUT2D eigenvalue weighted by Gasteiger charge is -2.34. The number of benzene rings is 1. The van der Waals surface area contributed by atoms with E-state index >= 15 is 0 Å².